The highest BCUT2D eigenvalue weighted by Crippen LogP contribution is 2.22. The van der Waals surface area contributed by atoms with Crippen LogP contribution in [0.5, 0.6) is 0 Å². The van der Waals surface area contributed by atoms with Gasteiger partial charge in [0.05, 0.1) is 6.20 Å². The van der Waals surface area contributed by atoms with E-state index < -0.39 is 0 Å². The second kappa shape index (κ2) is 4.84. The van der Waals surface area contributed by atoms with Crippen molar-refractivity contribution in [2.75, 3.05) is 12.4 Å². The lowest BCUT2D eigenvalue weighted by Gasteiger charge is -2.19. The van der Waals surface area contributed by atoms with Gasteiger partial charge in [0.25, 0.3) is 0 Å². The molecule has 0 saturated heterocycles. The molecule has 0 fully saturated rings. The molecule has 0 unspecified atom stereocenters. The van der Waals surface area contributed by atoms with Crippen molar-refractivity contribution in [3.63, 3.8) is 0 Å². The highest BCUT2D eigenvalue weighted by Gasteiger charge is 2.12. The smallest absolute Gasteiger partial charge is 0.200 e. The number of nitrogens with zero attached hydrogens (tertiary/aromatic N) is 1. The van der Waals surface area contributed by atoms with E-state index in [1.165, 1.54) is 11.1 Å². The van der Waals surface area contributed by atoms with Gasteiger partial charge in [0, 0.05) is 19.2 Å². The van der Waals surface area contributed by atoms with E-state index in [1.54, 1.807) is 0 Å². The fourth-order valence-electron chi connectivity index (χ4n) is 1.92. The number of H-pyrrole nitrogens is 1. The van der Waals surface area contributed by atoms with E-state index in [2.05, 4.69) is 60.3 Å². The highest BCUT2D eigenvalue weighted by atomic mass is 15.1. The summed E-state index contributed by atoms with van der Waals surface area (Å²) in [6.07, 6.45) is 2.77. The minimum Gasteiger partial charge on any atom is -0.359 e. The fraction of sp³-hybridized carbons (Fsp3) is 0.400. The van der Waals surface area contributed by atoms with Crippen LogP contribution >= 0.6 is 0 Å². The number of anilines is 1. The summed E-state index contributed by atoms with van der Waals surface area (Å²) in [7, 11) is 1.86. The zero-order valence-corrected chi connectivity index (χ0v) is 11.5. The molecule has 2 aromatic rings. The second-order valence-corrected chi connectivity index (χ2v) is 5.63. The van der Waals surface area contributed by atoms with Gasteiger partial charge in [0.2, 0.25) is 0 Å². The van der Waals surface area contributed by atoms with E-state index in [1.807, 2.05) is 13.2 Å². The molecule has 0 saturated carbocycles. The fourth-order valence-corrected chi connectivity index (χ4v) is 1.92. The van der Waals surface area contributed by atoms with Crippen LogP contribution in [0.1, 0.15) is 37.6 Å². The van der Waals surface area contributed by atoms with E-state index in [0.717, 1.165) is 18.1 Å². The molecule has 0 bridgehead atoms. The second-order valence-electron chi connectivity index (χ2n) is 5.63. The Hall–Kier alpha value is -1.77. The van der Waals surface area contributed by atoms with Gasteiger partial charge >= 0.3 is 0 Å². The summed E-state index contributed by atoms with van der Waals surface area (Å²) in [6.45, 7) is 6.70. The zero-order valence-electron chi connectivity index (χ0n) is 11.5. The number of hydrogen-bond donors (Lipinski definition) is 2. The van der Waals surface area contributed by atoms with Gasteiger partial charge < -0.3 is 10.3 Å². The van der Waals surface area contributed by atoms with Gasteiger partial charge in [-0.25, -0.2) is 4.98 Å². The van der Waals surface area contributed by atoms with Crippen LogP contribution < -0.4 is 5.32 Å². The predicted molar refractivity (Wildman–Crippen MR) is 76.1 cm³/mol. The molecule has 3 nitrogen and oxygen atoms in total. The van der Waals surface area contributed by atoms with Gasteiger partial charge in [-0.05, 0) is 16.5 Å². The van der Waals surface area contributed by atoms with Gasteiger partial charge in [-0.2, -0.15) is 0 Å². The zero-order chi connectivity index (χ0) is 13.2. The first-order valence-corrected chi connectivity index (χ1v) is 6.30. The quantitative estimate of drug-likeness (QED) is 0.868. The Morgan fingerprint density at radius 1 is 1.17 bits per heavy atom. The van der Waals surface area contributed by atoms with Gasteiger partial charge in [-0.3, -0.25) is 0 Å². The molecular formula is C15H21N3. The average Bonchev–Trinajstić information content (AvgIpc) is 2.76. The number of rotatable bonds is 3. The third-order valence-electron chi connectivity index (χ3n) is 3.08. The van der Waals surface area contributed by atoms with Crippen molar-refractivity contribution in [2.45, 2.75) is 32.6 Å². The first kappa shape index (κ1) is 12.7. The molecule has 0 radical (unpaired) electrons. The SMILES string of the molecule is CNc1ncc(Cc2ccc(C(C)(C)C)cc2)[nH]1. The van der Waals surface area contributed by atoms with E-state index in [4.69, 9.17) is 0 Å². The molecule has 96 valence electrons. The monoisotopic (exact) mass is 243 g/mol. The molecule has 0 aliphatic rings. The molecule has 1 aromatic carbocycles. The normalized spacial score (nSPS) is 11.6. The van der Waals surface area contributed by atoms with Crippen molar-refractivity contribution in [1.82, 2.24) is 9.97 Å². The Balaban J connectivity index is 2.11. The standard InChI is InChI=1S/C15H21N3/c1-15(2,3)12-7-5-11(6-8-12)9-13-10-17-14(16-4)18-13/h5-8,10H,9H2,1-4H3,(H2,16,17,18). The largest absolute Gasteiger partial charge is 0.359 e. The minimum atomic E-state index is 0.214. The van der Waals surface area contributed by atoms with Crippen LogP contribution in [0, 0.1) is 0 Å². The number of aromatic nitrogens is 2. The molecule has 1 heterocycles. The summed E-state index contributed by atoms with van der Waals surface area (Å²) in [4.78, 5) is 7.45. The number of aromatic amines is 1. The lowest BCUT2D eigenvalue weighted by atomic mass is 9.86. The van der Waals surface area contributed by atoms with Crippen molar-refractivity contribution in [2.24, 2.45) is 0 Å². The lowest BCUT2D eigenvalue weighted by Crippen LogP contribution is -2.10. The third kappa shape index (κ3) is 2.92. The van der Waals surface area contributed by atoms with Crippen molar-refractivity contribution < 1.29 is 0 Å². The molecule has 1 aromatic heterocycles. The number of nitrogens with one attached hydrogen (secondary N) is 2. The van der Waals surface area contributed by atoms with Gasteiger partial charge in [-0.15, -0.1) is 0 Å². The van der Waals surface area contributed by atoms with E-state index >= 15 is 0 Å². The van der Waals surface area contributed by atoms with E-state index in [-0.39, 0.29) is 5.41 Å². The summed E-state index contributed by atoms with van der Waals surface area (Å²) >= 11 is 0. The van der Waals surface area contributed by atoms with Crippen molar-refractivity contribution in [1.29, 1.82) is 0 Å². The Kier molecular flexibility index (Phi) is 3.41. The molecule has 2 rings (SSSR count). The maximum Gasteiger partial charge on any atom is 0.200 e. The Morgan fingerprint density at radius 3 is 2.33 bits per heavy atom. The van der Waals surface area contributed by atoms with Crippen molar-refractivity contribution in [3.05, 3.63) is 47.3 Å². The predicted octanol–water partition coefficient (Wildman–Crippen LogP) is 3.34. The van der Waals surface area contributed by atoms with Crippen LogP contribution in [0.3, 0.4) is 0 Å². The van der Waals surface area contributed by atoms with E-state index in [9.17, 15) is 0 Å². The maximum atomic E-state index is 4.22. The average molecular weight is 243 g/mol. The molecule has 0 aliphatic heterocycles. The van der Waals surface area contributed by atoms with Crippen LogP contribution in [0.4, 0.5) is 5.95 Å². The molecular weight excluding hydrogens is 222 g/mol. The molecule has 2 N–H and O–H groups in total. The number of benzene rings is 1. The highest BCUT2D eigenvalue weighted by molar-refractivity contribution is 5.31. The lowest BCUT2D eigenvalue weighted by molar-refractivity contribution is 0.590. The summed E-state index contributed by atoms with van der Waals surface area (Å²) in [6, 6.07) is 8.82. The van der Waals surface area contributed by atoms with E-state index in [0.29, 0.717) is 0 Å². The van der Waals surface area contributed by atoms with Crippen LogP contribution in [-0.2, 0) is 11.8 Å². The van der Waals surface area contributed by atoms with Crippen molar-refractivity contribution >= 4 is 5.95 Å². The molecule has 0 amide bonds. The maximum absolute atomic E-state index is 4.22. The molecule has 0 spiro atoms. The Bertz CT molecular complexity index is 503. The van der Waals surface area contributed by atoms with Crippen LogP contribution in [0.25, 0.3) is 0 Å². The Morgan fingerprint density at radius 2 is 1.83 bits per heavy atom. The molecule has 3 heteroatoms. The molecule has 18 heavy (non-hydrogen) atoms. The van der Waals surface area contributed by atoms with Crippen LogP contribution in [0.15, 0.2) is 30.5 Å². The topological polar surface area (TPSA) is 40.7 Å². The van der Waals surface area contributed by atoms with Gasteiger partial charge in [0.15, 0.2) is 5.95 Å². The number of hydrogen-bond acceptors (Lipinski definition) is 2. The van der Waals surface area contributed by atoms with Crippen LogP contribution in [0.2, 0.25) is 0 Å². The first-order valence-electron chi connectivity index (χ1n) is 6.30. The third-order valence-corrected chi connectivity index (χ3v) is 3.08. The summed E-state index contributed by atoms with van der Waals surface area (Å²) < 4.78 is 0. The van der Waals surface area contributed by atoms with Crippen molar-refractivity contribution in [3.8, 4) is 0 Å². The van der Waals surface area contributed by atoms with Gasteiger partial charge in [0.1, 0.15) is 0 Å². The molecule has 0 aliphatic carbocycles. The van der Waals surface area contributed by atoms with Gasteiger partial charge in [-0.1, -0.05) is 45.0 Å². The molecule has 0 atom stereocenters. The Labute approximate surface area is 109 Å². The minimum absolute atomic E-state index is 0.214. The summed E-state index contributed by atoms with van der Waals surface area (Å²) in [5.41, 5.74) is 4.01. The summed E-state index contributed by atoms with van der Waals surface area (Å²) in [5.74, 6) is 0.816. The van der Waals surface area contributed by atoms with Crippen LogP contribution in [-0.4, -0.2) is 17.0 Å². The first-order chi connectivity index (χ1) is 8.49. The number of imidazole rings is 1. The summed E-state index contributed by atoms with van der Waals surface area (Å²) in [5, 5.41) is 3.00.